The van der Waals surface area contributed by atoms with Crippen molar-refractivity contribution in [1.29, 1.82) is 0 Å². The number of hydrogen-bond donors (Lipinski definition) is 0. The molecule has 0 saturated carbocycles. The first-order valence-electron chi connectivity index (χ1n) is 4.20. The summed E-state index contributed by atoms with van der Waals surface area (Å²) in [5, 5.41) is 0. The van der Waals surface area contributed by atoms with Crippen LogP contribution >= 0.6 is 11.8 Å². The summed E-state index contributed by atoms with van der Waals surface area (Å²) in [7, 11) is 1.62. The van der Waals surface area contributed by atoms with E-state index in [4.69, 9.17) is 4.74 Å². The summed E-state index contributed by atoms with van der Waals surface area (Å²) < 4.78 is 5.21. The molecule has 0 radical (unpaired) electrons. The van der Waals surface area contributed by atoms with E-state index in [0.717, 1.165) is 0 Å². The number of thioether (sulfide) groups is 1. The number of pyridine rings is 1. The van der Waals surface area contributed by atoms with Gasteiger partial charge in [-0.3, -0.25) is 0 Å². The van der Waals surface area contributed by atoms with Crippen LogP contribution in [0, 0.1) is 0 Å². The standard InChI is InChI=1S/C10H15NOS/c1-10(2,3)13-8-5-6-9(12-4)11-7-8/h5-7H,1-4H3. The van der Waals surface area contributed by atoms with Crippen LogP contribution < -0.4 is 4.74 Å². The molecule has 1 aromatic rings. The van der Waals surface area contributed by atoms with E-state index in [-0.39, 0.29) is 4.75 Å². The Hall–Kier alpha value is -0.700. The first kappa shape index (κ1) is 10.4. The zero-order chi connectivity index (χ0) is 9.90. The third kappa shape index (κ3) is 3.68. The van der Waals surface area contributed by atoms with Gasteiger partial charge in [0.25, 0.3) is 0 Å². The van der Waals surface area contributed by atoms with Crippen LogP contribution in [-0.4, -0.2) is 16.8 Å². The van der Waals surface area contributed by atoms with Crippen molar-refractivity contribution in [3.63, 3.8) is 0 Å². The second-order valence-corrected chi connectivity index (χ2v) is 5.65. The van der Waals surface area contributed by atoms with Crippen molar-refractivity contribution in [2.24, 2.45) is 0 Å². The Morgan fingerprint density at radius 1 is 1.31 bits per heavy atom. The van der Waals surface area contributed by atoms with Crippen LogP contribution in [0.3, 0.4) is 0 Å². The molecule has 0 aromatic carbocycles. The predicted molar refractivity (Wildman–Crippen MR) is 56.4 cm³/mol. The smallest absolute Gasteiger partial charge is 0.212 e. The maximum Gasteiger partial charge on any atom is 0.212 e. The largest absolute Gasteiger partial charge is 0.481 e. The van der Waals surface area contributed by atoms with E-state index < -0.39 is 0 Å². The molecule has 1 rings (SSSR count). The summed E-state index contributed by atoms with van der Waals surface area (Å²) >= 11 is 1.80. The van der Waals surface area contributed by atoms with Crippen molar-refractivity contribution in [3.8, 4) is 5.88 Å². The summed E-state index contributed by atoms with van der Waals surface area (Å²) in [5.41, 5.74) is 0. The van der Waals surface area contributed by atoms with Gasteiger partial charge in [0, 0.05) is 21.9 Å². The number of rotatable bonds is 2. The first-order chi connectivity index (χ1) is 6.01. The maximum absolute atomic E-state index is 4.98. The lowest BCUT2D eigenvalue weighted by Crippen LogP contribution is -2.06. The molecule has 0 unspecified atom stereocenters. The Bertz CT molecular complexity index is 263. The maximum atomic E-state index is 4.98. The van der Waals surface area contributed by atoms with Crippen LogP contribution in [0.2, 0.25) is 0 Å². The molecule has 0 aliphatic carbocycles. The molecule has 0 saturated heterocycles. The molecule has 0 amide bonds. The second kappa shape index (κ2) is 4.01. The summed E-state index contributed by atoms with van der Waals surface area (Å²) in [4.78, 5) is 5.31. The van der Waals surface area contributed by atoms with Gasteiger partial charge < -0.3 is 4.74 Å². The highest BCUT2D eigenvalue weighted by molar-refractivity contribution is 8.00. The normalized spacial score (nSPS) is 11.4. The van der Waals surface area contributed by atoms with Gasteiger partial charge in [0.1, 0.15) is 0 Å². The summed E-state index contributed by atoms with van der Waals surface area (Å²) in [6.07, 6.45) is 1.84. The van der Waals surface area contributed by atoms with Crippen molar-refractivity contribution < 1.29 is 4.74 Å². The Balaban J connectivity index is 2.70. The Kier molecular flexibility index (Phi) is 3.20. The molecule has 0 aliphatic rings. The van der Waals surface area contributed by atoms with Gasteiger partial charge in [-0.25, -0.2) is 4.98 Å². The summed E-state index contributed by atoms with van der Waals surface area (Å²) in [6.45, 7) is 6.55. The quantitative estimate of drug-likeness (QED) is 0.680. The lowest BCUT2D eigenvalue weighted by Gasteiger charge is -2.16. The van der Waals surface area contributed by atoms with Gasteiger partial charge in [-0.05, 0) is 6.07 Å². The minimum absolute atomic E-state index is 0.232. The number of nitrogens with zero attached hydrogens (tertiary/aromatic N) is 1. The van der Waals surface area contributed by atoms with E-state index in [9.17, 15) is 0 Å². The molecule has 0 atom stereocenters. The Labute approximate surface area is 83.7 Å². The van der Waals surface area contributed by atoms with Crippen LogP contribution in [-0.2, 0) is 0 Å². The molecule has 72 valence electrons. The lowest BCUT2D eigenvalue weighted by molar-refractivity contribution is 0.397. The molecule has 1 aromatic heterocycles. The topological polar surface area (TPSA) is 22.1 Å². The second-order valence-electron chi connectivity index (χ2n) is 3.75. The van der Waals surface area contributed by atoms with Crippen LogP contribution in [0.25, 0.3) is 0 Å². The average molecular weight is 197 g/mol. The number of ether oxygens (including phenoxy) is 1. The molecule has 1 heterocycles. The number of methoxy groups -OCH3 is 1. The van der Waals surface area contributed by atoms with Crippen LogP contribution in [0.5, 0.6) is 5.88 Å². The van der Waals surface area contributed by atoms with Gasteiger partial charge in [0.2, 0.25) is 5.88 Å². The average Bonchev–Trinajstić information content (AvgIpc) is 2.03. The van der Waals surface area contributed by atoms with Crippen molar-refractivity contribution in [1.82, 2.24) is 4.98 Å². The fourth-order valence-corrected chi connectivity index (χ4v) is 1.85. The predicted octanol–water partition coefficient (Wildman–Crippen LogP) is 2.98. The molecule has 2 nitrogen and oxygen atoms in total. The zero-order valence-corrected chi connectivity index (χ0v) is 9.31. The first-order valence-corrected chi connectivity index (χ1v) is 5.02. The van der Waals surface area contributed by atoms with Crippen LogP contribution in [0.1, 0.15) is 20.8 Å². The molecular weight excluding hydrogens is 182 g/mol. The van der Waals surface area contributed by atoms with Crippen LogP contribution in [0.4, 0.5) is 0 Å². The van der Waals surface area contributed by atoms with Crippen LogP contribution in [0.15, 0.2) is 23.2 Å². The molecule has 3 heteroatoms. The Morgan fingerprint density at radius 3 is 2.38 bits per heavy atom. The van der Waals surface area contributed by atoms with E-state index in [1.165, 1.54) is 4.90 Å². The van der Waals surface area contributed by atoms with Gasteiger partial charge in [-0.1, -0.05) is 20.8 Å². The zero-order valence-electron chi connectivity index (χ0n) is 8.50. The van der Waals surface area contributed by atoms with E-state index >= 15 is 0 Å². The molecular formula is C10H15NOS. The fourth-order valence-electron chi connectivity index (χ4n) is 0.901. The molecule has 0 N–H and O–H groups in total. The fraction of sp³-hybridized carbons (Fsp3) is 0.500. The lowest BCUT2D eigenvalue weighted by atomic mass is 10.3. The van der Waals surface area contributed by atoms with Gasteiger partial charge in [0.05, 0.1) is 7.11 Å². The minimum Gasteiger partial charge on any atom is -0.481 e. The van der Waals surface area contributed by atoms with Crippen molar-refractivity contribution in [3.05, 3.63) is 18.3 Å². The SMILES string of the molecule is COc1ccc(SC(C)(C)C)cn1. The van der Waals surface area contributed by atoms with Gasteiger partial charge >= 0.3 is 0 Å². The monoisotopic (exact) mass is 197 g/mol. The summed E-state index contributed by atoms with van der Waals surface area (Å²) in [5.74, 6) is 0.665. The Morgan fingerprint density at radius 2 is 2.00 bits per heavy atom. The van der Waals surface area contributed by atoms with Gasteiger partial charge in [0.15, 0.2) is 0 Å². The van der Waals surface area contributed by atoms with E-state index in [2.05, 4.69) is 25.8 Å². The number of aromatic nitrogens is 1. The highest BCUT2D eigenvalue weighted by atomic mass is 32.2. The minimum atomic E-state index is 0.232. The highest BCUT2D eigenvalue weighted by Gasteiger charge is 2.11. The van der Waals surface area contributed by atoms with E-state index in [1.807, 2.05) is 18.3 Å². The van der Waals surface area contributed by atoms with Crippen molar-refractivity contribution in [2.45, 2.75) is 30.4 Å². The molecule has 0 spiro atoms. The van der Waals surface area contributed by atoms with Gasteiger partial charge in [-0.2, -0.15) is 0 Å². The molecule has 0 aliphatic heterocycles. The molecule has 13 heavy (non-hydrogen) atoms. The third-order valence-electron chi connectivity index (χ3n) is 1.34. The highest BCUT2D eigenvalue weighted by Crippen LogP contribution is 2.31. The molecule has 0 fully saturated rings. The van der Waals surface area contributed by atoms with E-state index in [1.54, 1.807) is 18.9 Å². The molecule has 0 bridgehead atoms. The van der Waals surface area contributed by atoms with Crippen molar-refractivity contribution in [2.75, 3.05) is 7.11 Å². The van der Waals surface area contributed by atoms with E-state index in [0.29, 0.717) is 5.88 Å². The summed E-state index contributed by atoms with van der Waals surface area (Å²) in [6, 6.07) is 3.91. The van der Waals surface area contributed by atoms with Gasteiger partial charge in [-0.15, -0.1) is 11.8 Å². The number of hydrogen-bond acceptors (Lipinski definition) is 3. The third-order valence-corrected chi connectivity index (χ3v) is 2.43. The van der Waals surface area contributed by atoms with Crippen molar-refractivity contribution >= 4 is 11.8 Å².